The number of hydrogen-bond acceptors (Lipinski definition) is 8. The molecule has 9 nitrogen and oxygen atoms in total. The molecule has 3 aliphatic heterocycles. The molecule has 1 amide bonds. The van der Waals surface area contributed by atoms with E-state index in [9.17, 15) is 9.82 Å². The molecule has 5 rings (SSSR count). The second kappa shape index (κ2) is 13.3. The molecule has 206 valence electrons. The van der Waals surface area contributed by atoms with E-state index in [-0.39, 0.29) is 18.3 Å². The van der Waals surface area contributed by atoms with Crippen LogP contribution < -0.4 is 25.7 Å². The van der Waals surface area contributed by atoms with E-state index in [2.05, 4.69) is 21.9 Å². The Labute approximate surface area is 226 Å². The first kappa shape index (κ1) is 28.2. The monoisotopic (exact) mass is 524 g/mol. The van der Waals surface area contributed by atoms with Crippen molar-refractivity contribution in [2.24, 2.45) is 5.73 Å². The van der Waals surface area contributed by atoms with Crippen molar-refractivity contribution < 1.29 is 23.9 Å². The van der Waals surface area contributed by atoms with Crippen LogP contribution in [0.15, 0.2) is 42.5 Å². The SMILES string of the molecule is CC.CCC1CN(c2ccc(N3CCN(CCCOc4cccc5c4B(O)OC5CN)CC3)cc2)C(=O)O1. The predicted octanol–water partition coefficient (Wildman–Crippen LogP) is 2.76. The lowest BCUT2D eigenvalue weighted by molar-refractivity contribution is 0.139. The molecule has 0 saturated carbocycles. The van der Waals surface area contributed by atoms with E-state index < -0.39 is 7.12 Å². The standard InChI is InChI=1S/C26H35BN4O5.C2H6/c1-2-21-18-31(26(32)35-21)20-9-7-19(8-10-20)30-14-12-29(13-15-30)11-4-16-34-23-6-3-5-22-24(17-28)36-27(33)25(22)23;1-2/h3,5-10,21,24,33H,2,4,11-18,28H2,1H3;1-2H3. The highest BCUT2D eigenvalue weighted by atomic mass is 16.6. The third kappa shape index (κ3) is 6.26. The minimum atomic E-state index is -0.982. The van der Waals surface area contributed by atoms with Crippen LogP contribution >= 0.6 is 0 Å². The van der Waals surface area contributed by atoms with Crippen LogP contribution in [0.25, 0.3) is 0 Å². The van der Waals surface area contributed by atoms with Gasteiger partial charge in [-0.05, 0) is 48.7 Å². The molecule has 2 fully saturated rings. The Balaban J connectivity index is 0.00000164. The summed E-state index contributed by atoms with van der Waals surface area (Å²) < 4.78 is 16.9. The van der Waals surface area contributed by atoms with Crippen molar-refractivity contribution in [3.05, 3.63) is 48.0 Å². The van der Waals surface area contributed by atoms with Gasteiger partial charge in [0, 0.05) is 56.1 Å². The Morgan fingerprint density at radius 3 is 2.45 bits per heavy atom. The van der Waals surface area contributed by atoms with E-state index in [0.717, 1.165) is 56.8 Å². The van der Waals surface area contributed by atoms with Gasteiger partial charge in [-0.3, -0.25) is 9.80 Å². The molecule has 3 heterocycles. The molecule has 2 aromatic carbocycles. The van der Waals surface area contributed by atoms with Crippen LogP contribution in [0.1, 0.15) is 45.3 Å². The average Bonchev–Trinajstić information content (AvgIpc) is 3.52. The molecule has 0 bridgehead atoms. The molecule has 38 heavy (non-hydrogen) atoms. The summed E-state index contributed by atoms with van der Waals surface area (Å²) in [7, 11) is -0.982. The number of fused-ring (bicyclic) bond motifs is 1. The number of amides is 1. The Morgan fingerprint density at radius 2 is 1.79 bits per heavy atom. The number of carbonyl (C=O) groups is 1. The zero-order chi connectivity index (χ0) is 27.1. The third-order valence-electron chi connectivity index (χ3n) is 7.31. The van der Waals surface area contributed by atoms with Crippen LogP contribution in [0.5, 0.6) is 5.75 Å². The largest absolute Gasteiger partial charge is 0.495 e. The zero-order valence-electron chi connectivity index (χ0n) is 22.8. The summed E-state index contributed by atoms with van der Waals surface area (Å²) in [6, 6.07) is 13.9. The van der Waals surface area contributed by atoms with Crippen LogP contribution in [0, 0.1) is 0 Å². The van der Waals surface area contributed by atoms with Crippen LogP contribution in [0.3, 0.4) is 0 Å². The van der Waals surface area contributed by atoms with Gasteiger partial charge in [0.25, 0.3) is 0 Å². The van der Waals surface area contributed by atoms with Crippen LogP contribution in [0.4, 0.5) is 16.2 Å². The first-order valence-electron chi connectivity index (χ1n) is 13.9. The Morgan fingerprint density at radius 1 is 1.08 bits per heavy atom. The van der Waals surface area contributed by atoms with E-state index in [1.165, 1.54) is 5.69 Å². The first-order chi connectivity index (χ1) is 18.6. The van der Waals surface area contributed by atoms with Gasteiger partial charge in [0.05, 0.1) is 19.3 Å². The lowest BCUT2D eigenvalue weighted by atomic mass is 9.78. The number of carbonyl (C=O) groups excluding carboxylic acids is 1. The summed E-state index contributed by atoms with van der Waals surface area (Å²) in [6.07, 6.45) is 1.18. The number of rotatable bonds is 9. The summed E-state index contributed by atoms with van der Waals surface area (Å²) in [4.78, 5) is 18.7. The molecule has 2 aromatic rings. The van der Waals surface area contributed by atoms with Crippen molar-refractivity contribution in [2.75, 3.05) is 62.2 Å². The minimum Gasteiger partial charge on any atom is -0.494 e. The molecule has 0 radical (unpaired) electrons. The molecule has 0 aliphatic carbocycles. The van der Waals surface area contributed by atoms with Gasteiger partial charge >= 0.3 is 13.2 Å². The summed E-state index contributed by atoms with van der Waals surface area (Å²) in [5.74, 6) is 0.677. The maximum atomic E-state index is 12.1. The van der Waals surface area contributed by atoms with Gasteiger partial charge in [0.2, 0.25) is 0 Å². The number of hydrogen-bond donors (Lipinski definition) is 2. The normalized spacial score (nSPS) is 21.2. The molecule has 3 aliphatic rings. The number of nitrogens with zero attached hydrogens (tertiary/aromatic N) is 3. The average molecular weight is 524 g/mol. The van der Waals surface area contributed by atoms with Crippen LogP contribution in [0.2, 0.25) is 0 Å². The van der Waals surface area contributed by atoms with Gasteiger partial charge in [0.15, 0.2) is 0 Å². The lowest BCUT2D eigenvalue weighted by Crippen LogP contribution is -2.46. The van der Waals surface area contributed by atoms with E-state index in [4.69, 9.17) is 19.9 Å². The Kier molecular flexibility index (Phi) is 9.90. The van der Waals surface area contributed by atoms with Gasteiger partial charge < -0.3 is 29.8 Å². The molecule has 2 unspecified atom stereocenters. The Hall–Kier alpha value is -2.79. The summed E-state index contributed by atoms with van der Waals surface area (Å²) in [5.41, 5.74) is 9.44. The molecule has 2 atom stereocenters. The van der Waals surface area contributed by atoms with Crippen molar-refractivity contribution in [3.8, 4) is 5.75 Å². The molecule has 0 spiro atoms. The van der Waals surface area contributed by atoms with Gasteiger partial charge in [-0.25, -0.2) is 4.79 Å². The lowest BCUT2D eigenvalue weighted by Gasteiger charge is -2.36. The van der Waals surface area contributed by atoms with Crippen molar-refractivity contribution >= 4 is 30.0 Å². The van der Waals surface area contributed by atoms with Gasteiger partial charge in [-0.15, -0.1) is 0 Å². The molecular weight excluding hydrogens is 483 g/mol. The van der Waals surface area contributed by atoms with E-state index in [1.807, 2.05) is 51.1 Å². The van der Waals surface area contributed by atoms with Crippen molar-refractivity contribution in [3.63, 3.8) is 0 Å². The fraction of sp³-hybridized carbons (Fsp3) is 0.536. The minimum absolute atomic E-state index is 0.0201. The fourth-order valence-corrected chi connectivity index (χ4v) is 5.20. The molecule has 2 saturated heterocycles. The number of piperazine rings is 1. The molecule has 10 heteroatoms. The number of cyclic esters (lactones) is 1. The Bertz CT molecular complexity index is 1050. The maximum absolute atomic E-state index is 12.1. The molecule has 3 N–H and O–H groups in total. The zero-order valence-corrected chi connectivity index (χ0v) is 22.8. The van der Waals surface area contributed by atoms with E-state index >= 15 is 0 Å². The van der Waals surface area contributed by atoms with Crippen LogP contribution in [-0.4, -0.2) is 81.7 Å². The number of nitrogens with two attached hydrogens (primary N) is 1. The topological polar surface area (TPSA) is 101 Å². The second-order valence-electron chi connectivity index (χ2n) is 9.54. The van der Waals surface area contributed by atoms with Gasteiger partial charge in [0.1, 0.15) is 11.9 Å². The summed E-state index contributed by atoms with van der Waals surface area (Å²) in [6.45, 7) is 12.4. The summed E-state index contributed by atoms with van der Waals surface area (Å²) >= 11 is 0. The number of benzene rings is 2. The second-order valence-corrected chi connectivity index (χ2v) is 9.54. The van der Waals surface area contributed by atoms with Crippen molar-refractivity contribution in [1.29, 1.82) is 0 Å². The third-order valence-corrected chi connectivity index (χ3v) is 7.31. The highest BCUT2D eigenvalue weighted by Gasteiger charge is 2.37. The maximum Gasteiger partial charge on any atom is 0.495 e. The fourth-order valence-electron chi connectivity index (χ4n) is 5.20. The van der Waals surface area contributed by atoms with Crippen LogP contribution in [-0.2, 0) is 9.39 Å². The smallest absolute Gasteiger partial charge is 0.494 e. The van der Waals surface area contributed by atoms with Gasteiger partial charge in [-0.2, -0.15) is 0 Å². The number of anilines is 2. The van der Waals surface area contributed by atoms with Gasteiger partial charge in [-0.1, -0.05) is 32.9 Å². The van der Waals surface area contributed by atoms with Crippen molar-refractivity contribution in [1.82, 2.24) is 4.90 Å². The summed E-state index contributed by atoms with van der Waals surface area (Å²) in [5, 5.41) is 10.3. The van der Waals surface area contributed by atoms with E-state index in [1.54, 1.807) is 4.90 Å². The quantitative estimate of drug-likeness (QED) is 0.382. The predicted molar refractivity (Wildman–Crippen MR) is 151 cm³/mol. The highest BCUT2D eigenvalue weighted by Crippen LogP contribution is 2.28. The van der Waals surface area contributed by atoms with Crippen molar-refractivity contribution in [2.45, 2.75) is 45.8 Å². The first-order valence-corrected chi connectivity index (χ1v) is 13.9. The molecular formula is C28H41BN4O5. The number of ether oxygens (including phenoxy) is 2. The molecule has 0 aromatic heterocycles. The highest BCUT2D eigenvalue weighted by molar-refractivity contribution is 6.62. The van der Waals surface area contributed by atoms with E-state index in [0.29, 0.717) is 30.9 Å².